The van der Waals surface area contributed by atoms with Crippen LogP contribution < -0.4 is 5.32 Å². The number of hydrogen-bond donors (Lipinski definition) is 1. The van der Waals surface area contributed by atoms with Crippen molar-refractivity contribution in [2.75, 3.05) is 13.7 Å². The minimum atomic E-state index is -0.287. The Hall–Kier alpha value is -2.67. The third-order valence-electron chi connectivity index (χ3n) is 4.01. The van der Waals surface area contributed by atoms with Gasteiger partial charge in [0.25, 0.3) is 5.91 Å². The average Bonchev–Trinajstić information content (AvgIpc) is 3.09. The van der Waals surface area contributed by atoms with Crippen molar-refractivity contribution in [1.82, 2.24) is 24.5 Å². The lowest BCUT2D eigenvalue weighted by Gasteiger charge is -2.18. The number of pyridine rings is 1. The van der Waals surface area contributed by atoms with Crippen LogP contribution in [-0.4, -0.2) is 38.8 Å². The maximum atomic E-state index is 12.9. The standard InChI is InChI=1S/C17H21N5O2/c1-11-5-6-15-19-12(2)16(22(15)9-11)17(23)20-13(10-24-4)14-7-8-18-21(14)3/h5-9,13H,10H2,1-4H3,(H,20,23). The van der Waals surface area contributed by atoms with Crippen LogP contribution in [0.2, 0.25) is 0 Å². The first-order chi connectivity index (χ1) is 11.5. The number of methoxy groups -OCH3 is 1. The van der Waals surface area contributed by atoms with Crippen molar-refractivity contribution in [3.63, 3.8) is 0 Å². The van der Waals surface area contributed by atoms with Gasteiger partial charge in [0.2, 0.25) is 0 Å². The molecular weight excluding hydrogens is 306 g/mol. The Labute approximate surface area is 140 Å². The molecule has 0 radical (unpaired) electrons. The summed E-state index contributed by atoms with van der Waals surface area (Å²) in [5, 5.41) is 7.19. The first-order valence-electron chi connectivity index (χ1n) is 7.74. The zero-order valence-corrected chi connectivity index (χ0v) is 14.3. The molecule has 0 spiro atoms. The molecule has 3 heterocycles. The van der Waals surface area contributed by atoms with Crippen LogP contribution in [0.1, 0.15) is 33.5 Å². The van der Waals surface area contributed by atoms with E-state index in [1.165, 1.54) is 0 Å². The van der Waals surface area contributed by atoms with Gasteiger partial charge in [0.1, 0.15) is 11.3 Å². The van der Waals surface area contributed by atoms with Crippen LogP contribution in [-0.2, 0) is 11.8 Å². The summed E-state index contributed by atoms with van der Waals surface area (Å²) in [4.78, 5) is 17.3. The lowest BCUT2D eigenvalue weighted by Crippen LogP contribution is -2.33. The Morgan fingerprint density at radius 2 is 2.12 bits per heavy atom. The monoisotopic (exact) mass is 327 g/mol. The van der Waals surface area contributed by atoms with E-state index in [0.717, 1.165) is 16.9 Å². The molecule has 0 fully saturated rings. The third-order valence-corrected chi connectivity index (χ3v) is 4.01. The lowest BCUT2D eigenvalue weighted by molar-refractivity contribution is 0.0886. The molecule has 0 saturated carbocycles. The van der Waals surface area contributed by atoms with Gasteiger partial charge >= 0.3 is 0 Å². The van der Waals surface area contributed by atoms with Gasteiger partial charge in [-0.15, -0.1) is 0 Å². The molecule has 0 aliphatic heterocycles. The Bertz CT molecular complexity index is 880. The smallest absolute Gasteiger partial charge is 0.270 e. The molecule has 1 unspecified atom stereocenters. The van der Waals surface area contributed by atoms with Gasteiger partial charge in [-0.25, -0.2) is 4.98 Å². The first kappa shape index (κ1) is 16.2. The van der Waals surface area contributed by atoms with Crippen molar-refractivity contribution in [3.8, 4) is 0 Å². The van der Waals surface area contributed by atoms with Gasteiger partial charge in [0, 0.05) is 26.6 Å². The fraction of sp³-hybridized carbons (Fsp3) is 0.353. The third kappa shape index (κ3) is 2.90. The van der Waals surface area contributed by atoms with E-state index in [9.17, 15) is 4.79 Å². The molecule has 7 nitrogen and oxygen atoms in total. The topological polar surface area (TPSA) is 73.4 Å². The number of imidazole rings is 1. The normalized spacial score (nSPS) is 12.5. The second-order valence-electron chi connectivity index (χ2n) is 5.84. The Morgan fingerprint density at radius 3 is 2.79 bits per heavy atom. The molecular formula is C17H21N5O2. The predicted octanol–water partition coefficient (Wildman–Crippen LogP) is 1.80. The van der Waals surface area contributed by atoms with Gasteiger partial charge in [-0.3, -0.25) is 13.9 Å². The number of aryl methyl sites for hydroxylation is 3. The minimum absolute atomic E-state index is 0.186. The Morgan fingerprint density at radius 1 is 1.33 bits per heavy atom. The number of amides is 1. The molecule has 1 N–H and O–H groups in total. The van der Waals surface area contributed by atoms with Gasteiger partial charge in [0.05, 0.1) is 24.0 Å². The van der Waals surface area contributed by atoms with Crippen LogP contribution >= 0.6 is 0 Å². The molecule has 3 aromatic rings. The van der Waals surface area contributed by atoms with Crippen molar-refractivity contribution in [3.05, 3.63) is 53.2 Å². The molecule has 3 aromatic heterocycles. The summed E-state index contributed by atoms with van der Waals surface area (Å²) in [6, 6.07) is 5.47. The fourth-order valence-electron chi connectivity index (χ4n) is 2.86. The highest BCUT2D eigenvalue weighted by atomic mass is 16.5. The molecule has 24 heavy (non-hydrogen) atoms. The molecule has 0 bridgehead atoms. The van der Waals surface area contributed by atoms with Crippen LogP contribution in [0.4, 0.5) is 0 Å². The molecule has 0 saturated heterocycles. The van der Waals surface area contributed by atoms with Gasteiger partial charge in [-0.1, -0.05) is 6.07 Å². The number of fused-ring (bicyclic) bond motifs is 1. The van der Waals surface area contributed by atoms with E-state index in [0.29, 0.717) is 18.0 Å². The van der Waals surface area contributed by atoms with E-state index >= 15 is 0 Å². The van der Waals surface area contributed by atoms with Gasteiger partial charge in [0.15, 0.2) is 0 Å². The van der Waals surface area contributed by atoms with Crippen LogP contribution in [0.3, 0.4) is 0 Å². The number of rotatable bonds is 5. The number of ether oxygens (including phenoxy) is 1. The van der Waals surface area contributed by atoms with Crippen molar-refractivity contribution >= 4 is 11.6 Å². The zero-order valence-electron chi connectivity index (χ0n) is 14.3. The van der Waals surface area contributed by atoms with E-state index in [2.05, 4.69) is 15.4 Å². The van der Waals surface area contributed by atoms with Crippen LogP contribution in [0.15, 0.2) is 30.6 Å². The first-order valence-corrected chi connectivity index (χ1v) is 7.74. The van der Waals surface area contributed by atoms with E-state index in [4.69, 9.17) is 4.74 Å². The minimum Gasteiger partial charge on any atom is -0.382 e. The van der Waals surface area contributed by atoms with Crippen LogP contribution in [0, 0.1) is 13.8 Å². The zero-order chi connectivity index (χ0) is 17.3. The highest BCUT2D eigenvalue weighted by Gasteiger charge is 2.22. The van der Waals surface area contributed by atoms with Gasteiger partial charge in [-0.05, 0) is 31.5 Å². The second-order valence-corrected chi connectivity index (χ2v) is 5.84. The van der Waals surface area contributed by atoms with Crippen molar-refractivity contribution in [1.29, 1.82) is 0 Å². The maximum Gasteiger partial charge on any atom is 0.270 e. The van der Waals surface area contributed by atoms with E-state index in [1.807, 2.05) is 49.7 Å². The van der Waals surface area contributed by atoms with Crippen molar-refractivity contribution in [2.24, 2.45) is 7.05 Å². The summed E-state index contributed by atoms with van der Waals surface area (Å²) in [6.45, 7) is 4.19. The summed E-state index contributed by atoms with van der Waals surface area (Å²) in [6.07, 6.45) is 3.62. The number of carbonyl (C=O) groups excluding carboxylic acids is 1. The maximum absolute atomic E-state index is 12.9. The number of nitrogens with one attached hydrogen (secondary N) is 1. The summed E-state index contributed by atoms with van der Waals surface area (Å²) in [5.74, 6) is -0.186. The van der Waals surface area contributed by atoms with E-state index < -0.39 is 0 Å². The van der Waals surface area contributed by atoms with E-state index in [1.54, 1.807) is 18.0 Å². The fourth-order valence-corrected chi connectivity index (χ4v) is 2.86. The largest absolute Gasteiger partial charge is 0.382 e. The number of nitrogens with zero attached hydrogens (tertiary/aromatic N) is 4. The molecule has 0 aromatic carbocycles. The summed E-state index contributed by atoms with van der Waals surface area (Å²) in [5.41, 5.74) is 3.94. The van der Waals surface area contributed by atoms with Crippen LogP contribution in [0.5, 0.6) is 0 Å². The highest BCUT2D eigenvalue weighted by molar-refractivity contribution is 5.95. The second kappa shape index (κ2) is 6.45. The quantitative estimate of drug-likeness (QED) is 0.775. The highest BCUT2D eigenvalue weighted by Crippen LogP contribution is 2.17. The lowest BCUT2D eigenvalue weighted by atomic mass is 10.2. The number of aromatic nitrogens is 4. The van der Waals surface area contributed by atoms with Gasteiger partial charge < -0.3 is 10.1 Å². The molecule has 0 aliphatic carbocycles. The number of hydrogen-bond acceptors (Lipinski definition) is 4. The van der Waals surface area contributed by atoms with E-state index in [-0.39, 0.29) is 11.9 Å². The Balaban J connectivity index is 1.95. The van der Waals surface area contributed by atoms with Gasteiger partial charge in [-0.2, -0.15) is 5.10 Å². The summed E-state index contributed by atoms with van der Waals surface area (Å²) >= 11 is 0. The Kier molecular flexibility index (Phi) is 4.35. The molecule has 126 valence electrons. The van der Waals surface area contributed by atoms with Crippen molar-refractivity contribution < 1.29 is 9.53 Å². The predicted molar refractivity (Wildman–Crippen MR) is 90.0 cm³/mol. The molecule has 7 heteroatoms. The summed E-state index contributed by atoms with van der Waals surface area (Å²) in [7, 11) is 3.45. The molecule has 1 amide bonds. The summed E-state index contributed by atoms with van der Waals surface area (Å²) < 4.78 is 8.82. The molecule has 1 atom stereocenters. The van der Waals surface area contributed by atoms with Crippen molar-refractivity contribution in [2.45, 2.75) is 19.9 Å². The number of carbonyl (C=O) groups is 1. The molecule has 3 rings (SSSR count). The molecule has 0 aliphatic rings. The average molecular weight is 327 g/mol. The SMILES string of the molecule is COCC(NC(=O)c1c(C)nc2ccc(C)cn12)c1ccnn1C. The van der Waals surface area contributed by atoms with Crippen LogP contribution in [0.25, 0.3) is 5.65 Å².